The van der Waals surface area contributed by atoms with Crippen LogP contribution < -0.4 is 5.56 Å². The number of benzene rings is 1. The summed E-state index contributed by atoms with van der Waals surface area (Å²) in [7, 11) is 0. The molecule has 24 heavy (non-hydrogen) atoms. The molecule has 6 nitrogen and oxygen atoms in total. The van der Waals surface area contributed by atoms with E-state index >= 15 is 0 Å². The molecule has 0 spiro atoms. The Morgan fingerprint density at radius 3 is 2.71 bits per heavy atom. The minimum absolute atomic E-state index is 0.125. The van der Waals surface area contributed by atoms with Gasteiger partial charge in [-0.3, -0.25) is 9.89 Å². The fourth-order valence-corrected chi connectivity index (χ4v) is 2.94. The van der Waals surface area contributed by atoms with Gasteiger partial charge in [0.1, 0.15) is 5.01 Å². The number of aromatic nitrogens is 4. The monoisotopic (exact) mass is 341 g/mol. The Morgan fingerprint density at radius 1 is 1.25 bits per heavy atom. The fraction of sp³-hybridized carbons (Fsp3) is 0.294. The van der Waals surface area contributed by atoms with Crippen molar-refractivity contribution in [2.24, 2.45) is 4.99 Å². The zero-order valence-corrected chi connectivity index (χ0v) is 14.9. The van der Waals surface area contributed by atoms with Crippen molar-refractivity contribution in [1.82, 2.24) is 20.0 Å². The number of hydrogen-bond acceptors (Lipinski definition) is 5. The molecule has 0 bridgehead atoms. The maximum Gasteiger partial charge on any atom is 0.280 e. The van der Waals surface area contributed by atoms with Crippen molar-refractivity contribution in [3.8, 4) is 5.69 Å². The molecule has 2 aromatic heterocycles. The standard InChI is InChI=1S/C17H19N5OS/c1-5-15-19-20-17(24-15)18-9-14-12(4)21-22(16(14)23)13-7-6-10(2)11(3)8-13/h6-9,21H,5H2,1-4H3. The van der Waals surface area contributed by atoms with Gasteiger partial charge in [0.2, 0.25) is 5.13 Å². The summed E-state index contributed by atoms with van der Waals surface area (Å²) >= 11 is 1.43. The van der Waals surface area contributed by atoms with Crippen molar-refractivity contribution in [3.63, 3.8) is 0 Å². The third-order valence-corrected chi connectivity index (χ3v) is 4.90. The lowest BCUT2D eigenvalue weighted by Crippen LogP contribution is -2.17. The SMILES string of the molecule is CCc1nnc(N=Cc2c(C)[nH]n(-c3ccc(C)c(C)c3)c2=O)s1. The van der Waals surface area contributed by atoms with Crippen LogP contribution in [0.1, 0.15) is 34.3 Å². The van der Waals surface area contributed by atoms with E-state index in [1.165, 1.54) is 16.9 Å². The van der Waals surface area contributed by atoms with Gasteiger partial charge in [0.15, 0.2) is 0 Å². The van der Waals surface area contributed by atoms with Crippen LogP contribution in [0.2, 0.25) is 0 Å². The molecule has 3 aromatic rings. The maximum atomic E-state index is 12.7. The summed E-state index contributed by atoms with van der Waals surface area (Å²) in [5.74, 6) is 0. The van der Waals surface area contributed by atoms with Crippen molar-refractivity contribution < 1.29 is 0 Å². The third kappa shape index (κ3) is 3.07. The molecule has 7 heteroatoms. The van der Waals surface area contributed by atoms with Crippen molar-refractivity contribution in [3.05, 3.63) is 55.9 Å². The third-order valence-electron chi connectivity index (χ3n) is 3.93. The van der Waals surface area contributed by atoms with E-state index in [0.29, 0.717) is 10.7 Å². The molecule has 0 radical (unpaired) electrons. The number of aliphatic imine (C=N–C) groups is 1. The van der Waals surface area contributed by atoms with E-state index in [4.69, 9.17) is 0 Å². The van der Waals surface area contributed by atoms with E-state index < -0.39 is 0 Å². The Labute approximate surface area is 143 Å². The largest absolute Gasteiger partial charge is 0.295 e. The van der Waals surface area contributed by atoms with Crippen molar-refractivity contribution in [2.75, 3.05) is 0 Å². The van der Waals surface area contributed by atoms with Crippen LogP contribution in [0.4, 0.5) is 5.13 Å². The minimum atomic E-state index is -0.125. The second kappa shape index (κ2) is 6.52. The van der Waals surface area contributed by atoms with Crippen molar-refractivity contribution in [1.29, 1.82) is 0 Å². The van der Waals surface area contributed by atoms with Crippen molar-refractivity contribution in [2.45, 2.75) is 34.1 Å². The van der Waals surface area contributed by atoms with Crippen molar-refractivity contribution >= 4 is 22.7 Å². The van der Waals surface area contributed by atoms with E-state index in [1.807, 2.05) is 45.9 Å². The Morgan fingerprint density at radius 2 is 2.04 bits per heavy atom. The summed E-state index contributed by atoms with van der Waals surface area (Å²) in [4.78, 5) is 17.0. The number of H-pyrrole nitrogens is 1. The molecule has 2 heterocycles. The number of aromatic amines is 1. The smallest absolute Gasteiger partial charge is 0.280 e. The molecular formula is C17H19N5OS. The second-order valence-corrected chi connectivity index (χ2v) is 6.69. The van der Waals surface area contributed by atoms with E-state index in [2.05, 4.69) is 20.3 Å². The fourth-order valence-electron chi connectivity index (χ4n) is 2.32. The van der Waals surface area contributed by atoms with Crippen LogP contribution in [0.15, 0.2) is 28.0 Å². The number of rotatable bonds is 4. The van der Waals surface area contributed by atoms with Gasteiger partial charge in [-0.15, -0.1) is 10.2 Å². The average Bonchev–Trinajstić information content (AvgIpc) is 3.13. The summed E-state index contributed by atoms with van der Waals surface area (Å²) < 4.78 is 1.54. The van der Waals surface area contributed by atoms with Crippen LogP contribution in [0.3, 0.4) is 0 Å². The predicted molar refractivity (Wildman–Crippen MR) is 97.1 cm³/mol. The maximum absolute atomic E-state index is 12.7. The first-order valence-corrected chi connectivity index (χ1v) is 8.57. The van der Waals surface area contributed by atoms with E-state index in [-0.39, 0.29) is 5.56 Å². The quantitative estimate of drug-likeness (QED) is 0.740. The van der Waals surface area contributed by atoms with Gasteiger partial charge in [-0.25, -0.2) is 9.67 Å². The number of nitrogens with zero attached hydrogens (tertiary/aromatic N) is 4. The summed E-state index contributed by atoms with van der Waals surface area (Å²) in [6, 6.07) is 5.93. The first kappa shape index (κ1) is 16.3. The van der Waals surface area contributed by atoms with Crippen LogP contribution in [0.5, 0.6) is 0 Å². The summed E-state index contributed by atoms with van der Waals surface area (Å²) in [5.41, 5.74) is 4.32. The highest BCUT2D eigenvalue weighted by Gasteiger charge is 2.11. The van der Waals surface area contributed by atoms with Gasteiger partial charge in [-0.2, -0.15) is 0 Å². The lowest BCUT2D eigenvalue weighted by Gasteiger charge is -2.05. The molecule has 0 atom stereocenters. The van der Waals surface area contributed by atoms with Gasteiger partial charge in [-0.1, -0.05) is 24.3 Å². The molecule has 124 valence electrons. The van der Waals surface area contributed by atoms with E-state index in [0.717, 1.165) is 28.4 Å². The van der Waals surface area contributed by atoms with Gasteiger partial charge in [0.05, 0.1) is 11.3 Å². The molecule has 1 N–H and O–H groups in total. The number of hydrogen-bond donors (Lipinski definition) is 1. The normalized spacial score (nSPS) is 11.5. The first-order valence-electron chi connectivity index (χ1n) is 7.75. The second-order valence-electron chi connectivity index (χ2n) is 5.65. The summed E-state index contributed by atoms with van der Waals surface area (Å²) in [5, 5.41) is 12.6. The molecule has 0 unspecified atom stereocenters. The average molecular weight is 341 g/mol. The molecule has 0 saturated heterocycles. The van der Waals surface area contributed by atoms with Gasteiger partial charge in [-0.05, 0) is 50.5 Å². The lowest BCUT2D eigenvalue weighted by atomic mass is 10.1. The highest BCUT2D eigenvalue weighted by molar-refractivity contribution is 7.14. The summed E-state index contributed by atoms with van der Waals surface area (Å²) in [6.07, 6.45) is 2.39. The van der Waals surface area contributed by atoms with Crippen LogP contribution in [-0.2, 0) is 6.42 Å². The molecule has 0 aliphatic carbocycles. The van der Waals surface area contributed by atoms with Crippen LogP contribution in [0, 0.1) is 20.8 Å². The molecule has 1 aromatic carbocycles. The van der Waals surface area contributed by atoms with Gasteiger partial charge in [0, 0.05) is 11.9 Å². The van der Waals surface area contributed by atoms with Crippen LogP contribution in [-0.4, -0.2) is 26.2 Å². The van der Waals surface area contributed by atoms with Gasteiger partial charge >= 0.3 is 0 Å². The molecular weight excluding hydrogens is 322 g/mol. The minimum Gasteiger partial charge on any atom is -0.295 e. The molecule has 0 aliphatic heterocycles. The zero-order chi connectivity index (χ0) is 17.3. The van der Waals surface area contributed by atoms with Crippen LogP contribution >= 0.6 is 11.3 Å². The highest BCUT2D eigenvalue weighted by atomic mass is 32.1. The van der Waals surface area contributed by atoms with E-state index in [1.54, 1.807) is 10.9 Å². The lowest BCUT2D eigenvalue weighted by molar-refractivity contribution is 0.833. The number of nitrogens with one attached hydrogen (secondary N) is 1. The zero-order valence-electron chi connectivity index (χ0n) is 14.1. The molecule has 0 saturated carbocycles. The molecule has 3 rings (SSSR count). The van der Waals surface area contributed by atoms with E-state index in [9.17, 15) is 4.79 Å². The van der Waals surface area contributed by atoms with Gasteiger partial charge < -0.3 is 0 Å². The molecule has 0 fully saturated rings. The first-order chi connectivity index (χ1) is 11.5. The van der Waals surface area contributed by atoms with Gasteiger partial charge in [0.25, 0.3) is 5.56 Å². The molecule has 0 aliphatic rings. The predicted octanol–water partition coefficient (Wildman–Crippen LogP) is 3.26. The highest BCUT2D eigenvalue weighted by Crippen LogP contribution is 2.18. The summed E-state index contributed by atoms with van der Waals surface area (Å²) in [6.45, 7) is 7.96. The Balaban J connectivity index is 1.97. The Bertz CT molecular complexity index is 964. The Hall–Kier alpha value is -2.54. The van der Waals surface area contributed by atoms with Crippen LogP contribution in [0.25, 0.3) is 5.69 Å². The molecule has 0 amide bonds. The Kier molecular flexibility index (Phi) is 4.44. The number of aryl methyl sites for hydroxylation is 4. The topological polar surface area (TPSA) is 75.9 Å².